The summed E-state index contributed by atoms with van der Waals surface area (Å²) in [5.74, 6) is 0.999. The van der Waals surface area contributed by atoms with Gasteiger partial charge in [-0.05, 0) is 50.4 Å². The van der Waals surface area contributed by atoms with Gasteiger partial charge in [0.05, 0.1) is 6.61 Å². The third-order valence-electron chi connectivity index (χ3n) is 2.95. The Hall–Kier alpha value is -1.06. The van der Waals surface area contributed by atoms with Crippen LogP contribution in [0.25, 0.3) is 0 Å². The molecule has 1 N–H and O–H groups in total. The zero-order valence-corrected chi connectivity index (χ0v) is 12.7. The first-order valence-electron chi connectivity index (χ1n) is 7.20. The van der Waals surface area contributed by atoms with Crippen LogP contribution in [0.3, 0.4) is 0 Å². The quantitative estimate of drug-likeness (QED) is 0.695. The van der Waals surface area contributed by atoms with Crippen LogP contribution in [0.4, 0.5) is 0 Å². The summed E-state index contributed by atoms with van der Waals surface area (Å²) in [6, 6.07) is 4.40. The van der Waals surface area contributed by atoms with Gasteiger partial charge < -0.3 is 14.8 Å². The molecule has 0 spiro atoms. The summed E-state index contributed by atoms with van der Waals surface area (Å²) in [7, 11) is 0. The van der Waals surface area contributed by atoms with Crippen LogP contribution in [0.2, 0.25) is 0 Å². The van der Waals surface area contributed by atoms with Crippen LogP contribution < -0.4 is 10.1 Å². The largest absolute Gasteiger partial charge is 0.491 e. The number of rotatable bonds is 9. The molecule has 0 heterocycles. The normalized spacial score (nSPS) is 10.7. The second-order valence-corrected chi connectivity index (χ2v) is 4.78. The molecule has 0 amide bonds. The highest BCUT2D eigenvalue weighted by molar-refractivity contribution is 5.43. The van der Waals surface area contributed by atoms with E-state index in [0.717, 1.165) is 31.9 Å². The molecule has 0 unspecified atom stereocenters. The summed E-state index contributed by atoms with van der Waals surface area (Å²) >= 11 is 0. The first-order valence-corrected chi connectivity index (χ1v) is 7.20. The third kappa shape index (κ3) is 5.62. The van der Waals surface area contributed by atoms with Gasteiger partial charge in [0, 0.05) is 13.2 Å². The minimum absolute atomic E-state index is 0.614. The van der Waals surface area contributed by atoms with Gasteiger partial charge in [0.2, 0.25) is 0 Å². The van der Waals surface area contributed by atoms with E-state index in [1.807, 2.05) is 6.92 Å². The van der Waals surface area contributed by atoms with Gasteiger partial charge in [-0.3, -0.25) is 0 Å². The molecule has 0 aliphatic carbocycles. The van der Waals surface area contributed by atoms with Gasteiger partial charge >= 0.3 is 0 Å². The fourth-order valence-corrected chi connectivity index (χ4v) is 2.13. The van der Waals surface area contributed by atoms with Crippen LogP contribution in [0.15, 0.2) is 12.1 Å². The van der Waals surface area contributed by atoms with Crippen molar-refractivity contribution in [1.29, 1.82) is 0 Å². The molecule has 0 saturated heterocycles. The maximum atomic E-state index is 5.80. The number of hydrogen-bond acceptors (Lipinski definition) is 3. The van der Waals surface area contributed by atoms with Crippen LogP contribution in [0.1, 0.15) is 37.0 Å². The topological polar surface area (TPSA) is 30.5 Å². The lowest BCUT2D eigenvalue weighted by molar-refractivity contribution is 0.109. The van der Waals surface area contributed by atoms with Crippen molar-refractivity contribution in [1.82, 2.24) is 5.32 Å². The van der Waals surface area contributed by atoms with Gasteiger partial charge in [-0.1, -0.05) is 19.1 Å². The smallest absolute Gasteiger partial charge is 0.125 e. The van der Waals surface area contributed by atoms with Crippen molar-refractivity contribution in [2.45, 2.75) is 40.7 Å². The highest BCUT2D eigenvalue weighted by Gasteiger charge is 2.06. The molecule has 0 aliphatic heterocycles. The summed E-state index contributed by atoms with van der Waals surface area (Å²) < 4.78 is 11.1. The monoisotopic (exact) mass is 265 g/mol. The molecule has 1 rings (SSSR count). The van der Waals surface area contributed by atoms with E-state index < -0.39 is 0 Å². The second kappa shape index (κ2) is 8.94. The molecular weight excluding hydrogens is 238 g/mol. The first-order chi connectivity index (χ1) is 9.19. The van der Waals surface area contributed by atoms with Gasteiger partial charge in [-0.25, -0.2) is 0 Å². The summed E-state index contributed by atoms with van der Waals surface area (Å²) in [5, 5.41) is 3.42. The van der Waals surface area contributed by atoms with Gasteiger partial charge in [0.1, 0.15) is 12.4 Å². The van der Waals surface area contributed by atoms with E-state index in [1.54, 1.807) is 0 Å². The third-order valence-corrected chi connectivity index (χ3v) is 2.95. The molecule has 3 nitrogen and oxygen atoms in total. The van der Waals surface area contributed by atoms with Crippen molar-refractivity contribution in [3.8, 4) is 5.75 Å². The van der Waals surface area contributed by atoms with Crippen LogP contribution in [-0.4, -0.2) is 26.4 Å². The Morgan fingerprint density at radius 2 is 1.74 bits per heavy atom. The molecule has 108 valence electrons. The van der Waals surface area contributed by atoms with Crippen LogP contribution in [0.5, 0.6) is 5.75 Å². The Bertz CT molecular complexity index is 354. The lowest BCUT2D eigenvalue weighted by Gasteiger charge is -2.14. The Kier molecular flexibility index (Phi) is 7.53. The molecule has 0 radical (unpaired) electrons. The van der Waals surface area contributed by atoms with Crippen molar-refractivity contribution in [2.75, 3.05) is 26.4 Å². The molecule has 1 aromatic rings. The summed E-state index contributed by atoms with van der Waals surface area (Å²) in [6.45, 7) is 12.4. The predicted molar refractivity (Wildman–Crippen MR) is 79.9 cm³/mol. The predicted octanol–water partition coefficient (Wildman–Crippen LogP) is 3.22. The maximum absolute atomic E-state index is 5.80. The van der Waals surface area contributed by atoms with Gasteiger partial charge in [-0.2, -0.15) is 0 Å². The Balaban J connectivity index is 2.58. The number of benzene rings is 1. The minimum Gasteiger partial charge on any atom is -0.491 e. The zero-order chi connectivity index (χ0) is 14.1. The van der Waals surface area contributed by atoms with E-state index in [9.17, 15) is 0 Å². The van der Waals surface area contributed by atoms with E-state index >= 15 is 0 Å². The summed E-state index contributed by atoms with van der Waals surface area (Å²) in [4.78, 5) is 0. The Labute approximate surface area is 117 Å². The van der Waals surface area contributed by atoms with Crippen molar-refractivity contribution >= 4 is 0 Å². The standard InChI is InChI=1S/C16H27NO2/c1-5-7-17-12-15-10-13(3)16(14(4)11-15)19-9-8-18-6-2/h10-11,17H,5-9,12H2,1-4H3. The Morgan fingerprint density at radius 3 is 2.32 bits per heavy atom. The molecule has 3 heteroatoms. The van der Waals surface area contributed by atoms with Gasteiger partial charge in [0.25, 0.3) is 0 Å². The van der Waals surface area contributed by atoms with Crippen molar-refractivity contribution in [3.63, 3.8) is 0 Å². The van der Waals surface area contributed by atoms with Gasteiger partial charge in [-0.15, -0.1) is 0 Å². The molecule has 1 aromatic carbocycles. The lowest BCUT2D eigenvalue weighted by atomic mass is 10.1. The molecule has 19 heavy (non-hydrogen) atoms. The van der Waals surface area contributed by atoms with Crippen LogP contribution in [-0.2, 0) is 11.3 Å². The summed E-state index contributed by atoms with van der Waals surface area (Å²) in [5.41, 5.74) is 3.72. The average Bonchev–Trinajstić information content (AvgIpc) is 2.37. The fraction of sp³-hybridized carbons (Fsp3) is 0.625. The minimum atomic E-state index is 0.614. The first kappa shape index (κ1) is 16.0. The highest BCUT2D eigenvalue weighted by Crippen LogP contribution is 2.24. The van der Waals surface area contributed by atoms with Crippen molar-refractivity contribution in [2.24, 2.45) is 0 Å². The highest BCUT2D eigenvalue weighted by atomic mass is 16.5. The maximum Gasteiger partial charge on any atom is 0.125 e. The number of ether oxygens (including phenoxy) is 2. The molecule has 0 saturated carbocycles. The van der Waals surface area contributed by atoms with Crippen LogP contribution >= 0.6 is 0 Å². The Morgan fingerprint density at radius 1 is 1.05 bits per heavy atom. The van der Waals surface area contributed by atoms with Crippen molar-refractivity contribution < 1.29 is 9.47 Å². The summed E-state index contributed by atoms with van der Waals surface area (Å²) in [6.07, 6.45) is 1.16. The molecule has 0 aromatic heterocycles. The number of nitrogens with one attached hydrogen (secondary N) is 1. The van der Waals surface area contributed by atoms with E-state index in [0.29, 0.717) is 13.2 Å². The SMILES string of the molecule is CCCNCc1cc(C)c(OCCOCC)c(C)c1. The zero-order valence-electron chi connectivity index (χ0n) is 12.7. The number of hydrogen-bond donors (Lipinski definition) is 1. The van der Waals surface area contributed by atoms with Gasteiger partial charge in [0.15, 0.2) is 0 Å². The molecule has 0 bridgehead atoms. The number of aryl methyl sites for hydroxylation is 2. The molecule has 0 fully saturated rings. The lowest BCUT2D eigenvalue weighted by Crippen LogP contribution is -2.14. The molecule has 0 aliphatic rings. The molecular formula is C16H27NO2. The van der Waals surface area contributed by atoms with E-state index in [-0.39, 0.29) is 0 Å². The van der Waals surface area contributed by atoms with Crippen molar-refractivity contribution in [3.05, 3.63) is 28.8 Å². The fourth-order valence-electron chi connectivity index (χ4n) is 2.13. The average molecular weight is 265 g/mol. The van der Waals surface area contributed by atoms with Crippen LogP contribution in [0, 0.1) is 13.8 Å². The van der Waals surface area contributed by atoms with E-state index in [1.165, 1.54) is 16.7 Å². The molecule has 0 atom stereocenters. The van der Waals surface area contributed by atoms with E-state index in [4.69, 9.17) is 9.47 Å². The van der Waals surface area contributed by atoms with E-state index in [2.05, 4.69) is 38.2 Å². The second-order valence-electron chi connectivity index (χ2n) is 4.78.